The lowest BCUT2D eigenvalue weighted by atomic mass is 10.1. The van der Waals surface area contributed by atoms with E-state index in [1.807, 2.05) is 45.6 Å². The lowest BCUT2D eigenvalue weighted by molar-refractivity contribution is 0.0741. The van der Waals surface area contributed by atoms with Crippen LogP contribution in [-0.4, -0.2) is 61.3 Å². The molecule has 1 aliphatic carbocycles. The molecule has 32 heavy (non-hydrogen) atoms. The molecule has 0 spiro atoms. The van der Waals surface area contributed by atoms with Gasteiger partial charge >= 0.3 is 0 Å². The van der Waals surface area contributed by atoms with Crippen LogP contribution in [0.2, 0.25) is 0 Å². The second kappa shape index (κ2) is 7.62. The summed E-state index contributed by atoms with van der Waals surface area (Å²) in [5, 5.41) is 1.16. The molecule has 8 heteroatoms. The van der Waals surface area contributed by atoms with Gasteiger partial charge in [0.1, 0.15) is 22.9 Å². The average molecular weight is 447 g/mol. The third-order valence-corrected chi connectivity index (χ3v) is 8.69. The molecule has 164 valence electrons. The van der Waals surface area contributed by atoms with Crippen molar-refractivity contribution in [2.45, 2.75) is 42.0 Å². The zero-order valence-corrected chi connectivity index (χ0v) is 19.0. The predicted octanol–water partition coefficient (Wildman–Crippen LogP) is 3.43. The molecule has 4 heterocycles. The second-order valence-corrected chi connectivity index (χ2v) is 10.3. The van der Waals surface area contributed by atoms with Crippen molar-refractivity contribution in [2.75, 3.05) is 31.1 Å². The van der Waals surface area contributed by atoms with Gasteiger partial charge in [0.25, 0.3) is 5.91 Å². The molecular formula is C24H26N6OS. The summed E-state index contributed by atoms with van der Waals surface area (Å²) in [5.74, 6) is 1.68. The molecule has 0 N–H and O–H groups in total. The first kappa shape index (κ1) is 19.8. The predicted molar refractivity (Wildman–Crippen MR) is 124 cm³/mol. The topological polar surface area (TPSA) is 67.2 Å². The molecule has 2 unspecified atom stereocenters. The molecule has 0 radical (unpaired) electrons. The highest BCUT2D eigenvalue weighted by Gasteiger charge is 2.61. The molecule has 1 aromatic carbocycles. The van der Waals surface area contributed by atoms with Gasteiger partial charge in [-0.25, -0.2) is 15.0 Å². The van der Waals surface area contributed by atoms with E-state index in [1.54, 1.807) is 12.7 Å². The minimum absolute atomic E-state index is 0.00660. The van der Waals surface area contributed by atoms with Gasteiger partial charge < -0.3 is 14.4 Å². The fraction of sp³-hybridized carbons (Fsp3) is 0.417. The summed E-state index contributed by atoms with van der Waals surface area (Å²) in [6, 6.07) is 10.2. The highest BCUT2D eigenvalue weighted by molar-refractivity contribution is 8.01. The van der Waals surface area contributed by atoms with Gasteiger partial charge in [0.2, 0.25) is 0 Å². The average Bonchev–Trinajstić information content (AvgIpc) is 3.19. The van der Waals surface area contributed by atoms with Crippen LogP contribution in [0.4, 0.5) is 5.82 Å². The maximum Gasteiger partial charge on any atom is 0.274 e. The number of nitrogens with zero attached hydrogens (tertiary/aromatic N) is 6. The highest BCUT2D eigenvalue weighted by atomic mass is 32.2. The first-order chi connectivity index (χ1) is 15.7. The first-order valence-corrected chi connectivity index (χ1v) is 12.1. The number of benzene rings is 1. The molecule has 2 aromatic heterocycles. The van der Waals surface area contributed by atoms with Gasteiger partial charge in [0, 0.05) is 55.1 Å². The van der Waals surface area contributed by atoms with Crippen LogP contribution < -0.4 is 4.90 Å². The molecule has 1 amide bonds. The van der Waals surface area contributed by atoms with Crippen molar-refractivity contribution < 1.29 is 4.79 Å². The maximum absolute atomic E-state index is 13.0. The quantitative estimate of drug-likeness (QED) is 0.560. The maximum atomic E-state index is 13.0. The minimum atomic E-state index is 0.00660. The first-order valence-electron chi connectivity index (χ1n) is 11.3. The number of hydrogen-bond acceptors (Lipinski definition) is 6. The summed E-state index contributed by atoms with van der Waals surface area (Å²) in [5.41, 5.74) is 3.05. The lowest BCUT2D eigenvalue weighted by Crippen LogP contribution is -2.49. The second-order valence-electron chi connectivity index (χ2n) is 8.89. The van der Waals surface area contributed by atoms with Crippen LogP contribution in [-0.2, 0) is 6.54 Å². The molecule has 2 aliphatic heterocycles. The van der Waals surface area contributed by atoms with Crippen LogP contribution in [0.5, 0.6) is 0 Å². The number of piperazine rings is 1. The largest absolute Gasteiger partial charge is 0.353 e. The Hall–Kier alpha value is -2.87. The number of aromatic nitrogens is 4. The molecule has 0 bridgehead atoms. The standard InChI is InChI=1S/C24H26N6OS/c1-2-24-12-18(24)20-21(25-15-26-22(20)32-24)29-8-10-30(11-9-29)23(31)19-14-28(16-27-19)13-17-6-4-3-5-7-17/h3-7,14-16,18H,2,8-13H2,1H3. The lowest BCUT2D eigenvalue weighted by Gasteiger charge is -2.35. The van der Waals surface area contributed by atoms with Gasteiger partial charge in [-0.3, -0.25) is 4.79 Å². The Labute approximate surface area is 191 Å². The van der Waals surface area contributed by atoms with Gasteiger partial charge in [-0.15, -0.1) is 0 Å². The van der Waals surface area contributed by atoms with Gasteiger partial charge in [-0.05, 0) is 18.4 Å². The molecule has 6 rings (SSSR count). The van der Waals surface area contributed by atoms with Gasteiger partial charge in [0.15, 0.2) is 0 Å². The smallest absolute Gasteiger partial charge is 0.274 e. The van der Waals surface area contributed by atoms with Crippen molar-refractivity contribution in [3.8, 4) is 0 Å². The van der Waals surface area contributed by atoms with E-state index >= 15 is 0 Å². The fourth-order valence-corrected chi connectivity index (χ4v) is 6.55. The number of fused-ring (bicyclic) bond motifs is 3. The Morgan fingerprint density at radius 1 is 1.12 bits per heavy atom. The number of carbonyl (C=O) groups excluding carboxylic acids is 1. The zero-order valence-electron chi connectivity index (χ0n) is 18.1. The number of anilines is 1. The molecule has 7 nitrogen and oxygen atoms in total. The van der Waals surface area contributed by atoms with Crippen LogP contribution in [0.1, 0.15) is 47.3 Å². The zero-order chi connectivity index (χ0) is 21.7. The van der Waals surface area contributed by atoms with E-state index in [0.29, 0.717) is 36.0 Å². The molecule has 1 saturated heterocycles. The van der Waals surface area contributed by atoms with Gasteiger partial charge in [0.05, 0.1) is 6.33 Å². The van der Waals surface area contributed by atoms with Crippen molar-refractivity contribution in [3.05, 3.63) is 66.0 Å². The van der Waals surface area contributed by atoms with E-state index in [2.05, 4.69) is 38.9 Å². The SMILES string of the molecule is CCC12CC1c1c(ncnc1N1CCN(C(=O)c3cn(Cc4ccccc4)cn3)CC1)S2. The summed E-state index contributed by atoms with van der Waals surface area (Å²) in [4.78, 5) is 30.9. The van der Waals surface area contributed by atoms with E-state index in [0.717, 1.165) is 23.9 Å². The van der Waals surface area contributed by atoms with E-state index < -0.39 is 0 Å². The molecule has 3 aromatic rings. The summed E-state index contributed by atoms with van der Waals surface area (Å²) < 4.78 is 2.33. The number of rotatable bonds is 5. The van der Waals surface area contributed by atoms with Crippen LogP contribution in [0.25, 0.3) is 0 Å². The number of hydrogen-bond donors (Lipinski definition) is 0. The van der Waals surface area contributed by atoms with Crippen LogP contribution in [0, 0.1) is 0 Å². The fourth-order valence-electron chi connectivity index (χ4n) is 5.06. The van der Waals surface area contributed by atoms with E-state index in [4.69, 9.17) is 0 Å². The Morgan fingerprint density at radius 2 is 1.94 bits per heavy atom. The van der Waals surface area contributed by atoms with Crippen LogP contribution in [0.3, 0.4) is 0 Å². The summed E-state index contributed by atoms with van der Waals surface area (Å²) >= 11 is 1.94. The Morgan fingerprint density at radius 3 is 2.72 bits per heavy atom. The van der Waals surface area contributed by atoms with E-state index in [9.17, 15) is 4.79 Å². The number of amides is 1. The molecular weight excluding hydrogens is 420 g/mol. The van der Waals surface area contributed by atoms with Crippen molar-refractivity contribution in [3.63, 3.8) is 0 Å². The molecule has 3 aliphatic rings. The number of imidazole rings is 1. The van der Waals surface area contributed by atoms with E-state index in [1.165, 1.54) is 24.0 Å². The summed E-state index contributed by atoms with van der Waals surface area (Å²) in [7, 11) is 0. The van der Waals surface area contributed by atoms with Gasteiger partial charge in [-0.2, -0.15) is 0 Å². The van der Waals surface area contributed by atoms with Crippen LogP contribution in [0.15, 0.2) is 54.2 Å². The highest BCUT2D eigenvalue weighted by Crippen LogP contribution is 2.71. The third-order valence-electron chi connectivity index (χ3n) is 7.02. The Kier molecular flexibility index (Phi) is 4.71. The Bertz CT molecular complexity index is 1160. The molecule has 2 atom stereocenters. The van der Waals surface area contributed by atoms with E-state index in [-0.39, 0.29) is 5.91 Å². The van der Waals surface area contributed by atoms with Gasteiger partial charge in [-0.1, -0.05) is 49.0 Å². The number of carbonyl (C=O) groups is 1. The molecule has 2 fully saturated rings. The minimum Gasteiger partial charge on any atom is -0.353 e. The van der Waals surface area contributed by atoms with Crippen molar-refractivity contribution in [1.82, 2.24) is 24.4 Å². The van der Waals surface area contributed by atoms with Crippen molar-refractivity contribution in [2.24, 2.45) is 0 Å². The normalized spacial score (nSPS) is 23.7. The van der Waals surface area contributed by atoms with Crippen molar-refractivity contribution in [1.29, 1.82) is 0 Å². The number of thioether (sulfide) groups is 1. The Balaban J connectivity index is 1.11. The molecule has 1 saturated carbocycles. The monoisotopic (exact) mass is 446 g/mol. The summed E-state index contributed by atoms with van der Waals surface area (Å²) in [6.07, 6.45) is 7.72. The van der Waals surface area contributed by atoms with Crippen LogP contribution >= 0.6 is 11.8 Å². The van der Waals surface area contributed by atoms with Crippen molar-refractivity contribution >= 4 is 23.5 Å². The summed E-state index contributed by atoms with van der Waals surface area (Å²) in [6.45, 7) is 5.93. The third kappa shape index (κ3) is 3.28.